The number of hydrogen-bond donors (Lipinski definition) is 1. The van der Waals surface area contributed by atoms with Crippen molar-refractivity contribution in [3.8, 4) is 0 Å². The number of carbonyl (C=O) groups is 3. The van der Waals surface area contributed by atoms with E-state index in [1.165, 1.54) is 0 Å². The molecule has 47 heavy (non-hydrogen) atoms. The predicted molar refractivity (Wildman–Crippen MR) is 194 cm³/mol. The topological polar surface area (TPSA) is 149 Å². The van der Waals surface area contributed by atoms with E-state index in [1.807, 2.05) is 88.0 Å². The number of aldehydes is 1. The Bertz CT molecular complexity index is 1040. The van der Waals surface area contributed by atoms with Crippen molar-refractivity contribution in [3.05, 3.63) is 0 Å². The van der Waals surface area contributed by atoms with E-state index in [0.717, 1.165) is 77.4 Å². The van der Waals surface area contributed by atoms with E-state index < -0.39 is 33.2 Å². The number of rotatable bonds is 7. The van der Waals surface area contributed by atoms with Crippen LogP contribution in [0.2, 0.25) is 0 Å². The SMILES string of the molecule is CC(C)(C)OC(=O)N1CCC[C@H](CCC=NS(=O)C(C)(C)C)C1.CC(C)(C)OC(=O)N1CCC[C@H](CCC=O)C1.CC(C)(C)S(N)=O. The van der Waals surface area contributed by atoms with Crippen molar-refractivity contribution < 1.29 is 32.3 Å². The van der Waals surface area contributed by atoms with Crippen LogP contribution in [0.5, 0.6) is 0 Å². The molecule has 2 amide bonds. The second-order valence-corrected chi connectivity index (χ2v) is 20.0. The number of nitrogens with zero attached hydrogens (tertiary/aromatic N) is 3. The summed E-state index contributed by atoms with van der Waals surface area (Å²) in [6.45, 7) is 25.6. The predicted octanol–water partition coefficient (Wildman–Crippen LogP) is 6.97. The molecule has 276 valence electrons. The van der Waals surface area contributed by atoms with Gasteiger partial charge in [0.05, 0.1) is 20.5 Å². The van der Waals surface area contributed by atoms with Crippen molar-refractivity contribution >= 4 is 46.7 Å². The van der Waals surface area contributed by atoms with Crippen LogP contribution in [0.4, 0.5) is 9.59 Å². The van der Waals surface area contributed by atoms with Gasteiger partial charge in [0, 0.05) is 38.8 Å². The Morgan fingerprint density at radius 2 is 1.13 bits per heavy atom. The molecule has 2 rings (SSSR count). The fourth-order valence-corrected chi connectivity index (χ4v) is 5.04. The van der Waals surface area contributed by atoms with Crippen LogP contribution >= 0.6 is 0 Å². The number of likely N-dealkylation sites (tertiary alicyclic amines) is 2. The van der Waals surface area contributed by atoms with Gasteiger partial charge in [0.15, 0.2) is 0 Å². The zero-order chi connectivity index (χ0) is 36.6. The molecule has 4 atom stereocenters. The summed E-state index contributed by atoms with van der Waals surface area (Å²) in [6, 6.07) is 0. The Kier molecular flexibility index (Phi) is 19.8. The summed E-state index contributed by atoms with van der Waals surface area (Å²) in [5.74, 6) is 0.909. The van der Waals surface area contributed by atoms with Crippen LogP contribution in [0.3, 0.4) is 0 Å². The minimum absolute atomic E-state index is 0.218. The van der Waals surface area contributed by atoms with Gasteiger partial charge in [0.1, 0.15) is 28.5 Å². The maximum absolute atomic E-state index is 12.1. The molecule has 0 aromatic rings. The highest BCUT2D eigenvalue weighted by Crippen LogP contribution is 2.24. The molecule has 11 nitrogen and oxygen atoms in total. The van der Waals surface area contributed by atoms with Gasteiger partial charge in [0.25, 0.3) is 0 Å². The molecular formula is C34H66N4O7S2. The first kappa shape index (κ1) is 45.1. The first-order valence-corrected chi connectivity index (χ1v) is 19.2. The van der Waals surface area contributed by atoms with Crippen molar-refractivity contribution in [3.63, 3.8) is 0 Å². The third kappa shape index (κ3) is 22.4. The van der Waals surface area contributed by atoms with Crippen LogP contribution in [0, 0.1) is 11.8 Å². The van der Waals surface area contributed by atoms with Crippen molar-refractivity contribution in [2.24, 2.45) is 21.4 Å². The standard InChI is InChI=1S/C17H32N2O3S.C13H23NO3.C4H11NOS/c1-16(2,3)22-15(20)19-12-8-10-14(13-19)9-7-11-18-23(21)17(4,5)6;1-13(2,3)17-12(16)14-8-4-6-11(10-14)7-5-9-15;1-4(2,3)7(5)6/h11,14H,7-10,12-13H2,1-6H3;9,11H,4-8,10H2,1-3H3;5H2,1-3H3/t14-,23?;11-;/m01./s1. The van der Waals surface area contributed by atoms with Gasteiger partial charge in [-0.3, -0.25) is 5.14 Å². The van der Waals surface area contributed by atoms with Gasteiger partial charge in [-0.05, 0) is 140 Å². The average molecular weight is 707 g/mol. The number of carbonyl (C=O) groups excluding carboxylic acids is 3. The first-order valence-electron chi connectivity index (χ1n) is 16.9. The monoisotopic (exact) mass is 706 g/mol. The van der Waals surface area contributed by atoms with E-state index in [-0.39, 0.29) is 21.7 Å². The fourth-order valence-electron chi connectivity index (χ4n) is 4.48. The Morgan fingerprint density at radius 1 is 0.745 bits per heavy atom. The Labute approximate surface area is 290 Å². The lowest BCUT2D eigenvalue weighted by atomic mass is 9.94. The minimum atomic E-state index is -1.18. The number of amides is 2. The van der Waals surface area contributed by atoms with Gasteiger partial charge in [-0.25, -0.2) is 18.0 Å². The fraction of sp³-hybridized carbons (Fsp3) is 0.882. The third-order valence-electron chi connectivity index (χ3n) is 7.04. The molecule has 0 saturated carbocycles. The first-order chi connectivity index (χ1) is 21.4. The normalized spacial score (nSPS) is 20.6. The zero-order valence-electron chi connectivity index (χ0n) is 31.4. The summed E-state index contributed by atoms with van der Waals surface area (Å²) in [5, 5.41) is 5.04. The largest absolute Gasteiger partial charge is 0.444 e. The molecule has 2 aliphatic heterocycles. The number of ether oxygens (including phenoxy) is 2. The molecule has 0 aromatic heterocycles. The van der Waals surface area contributed by atoms with E-state index in [1.54, 1.807) is 11.1 Å². The van der Waals surface area contributed by atoms with Crippen LogP contribution in [-0.4, -0.2) is 89.8 Å². The number of piperidine rings is 2. The molecule has 2 fully saturated rings. The van der Waals surface area contributed by atoms with Crippen molar-refractivity contribution in [2.45, 2.75) is 155 Å². The summed E-state index contributed by atoms with van der Waals surface area (Å²) in [6.07, 6.45) is 9.74. The minimum Gasteiger partial charge on any atom is -0.444 e. The summed E-state index contributed by atoms with van der Waals surface area (Å²) in [4.78, 5) is 37.9. The molecule has 0 aliphatic carbocycles. The summed E-state index contributed by atoms with van der Waals surface area (Å²) >= 11 is 0. The molecule has 2 N–H and O–H groups in total. The van der Waals surface area contributed by atoms with E-state index in [4.69, 9.17) is 14.6 Å². The van der Waals surface area contributed by atoms with Gasteiger partial charge in [-0.15, -0.1) is 0 Å². The Hall–Kier alpha value is -1.86. The zero-order valence-corrected chi connectivity index (χ0v) is 33.0. The highest BCUT2D eigenvalue weighted by Gasteiger charge is 2.28. The van der Waals surface area contributed by atoms with Gasteiger partial charge in [-0.1, -0.05) is 0 Å². The lowest BCUT2D eigenvalue weighted by molar-refractivity contribution is -0.108. The van der Waals surface area contributed by atoms with Crippen LogP contribution in [0.15, 0.2) is 4.40 Å². The van der Waals surface area contributed by atoms with E-state index in [0.29, 0.717) is 18.3 Å². The van der Waals surface area contributed by atoms with Gasteiger partial charge < -0.3 is 24.1 Å². The molecule has 0 bridgehead atoms. The van der Waals surface area contributed by atoms with Crippen LogP contribution in [0.1, 0.15) is 134 Å². The van der Waals surface area contributed by atoms with Crippen molar-refractivity contribution in [1.29, 1.82) is 0 Å². The molecule has 13 heteroatoms. The molecular weight excluding hydrogens is 641 g/mol. The second-order valence-electron chi connectivity index (χ2n) is 16.2. The molecule has 2 heterocycles. The molecule has 0 radical (unpaired) electrons. The maximum Gasteiger partial charge on any atom is 0.410 e. The smallest absolute Gasteiger partial charge is 0.410 e. The summed E-state index contributed by atoms with van der Waals surface area (Å²) in [5.41, 5.74) is -0.888. The molecule has 2 unspecified atom stereocenters. The van der Waals surface area contributed by atoms with Crippen LogP contribution < -0.4 is 5.14 Å². The van der Waals surface area contributed by atoms with Crippen LogP contribution in [0.25, 0.3) is 0 Å². The molecule has 0 spiro atoms. The van der Waals surface area contributed by atoms with E-state index >= 15 is 0 Å². The molecule has 0 aromatic carbocycles. The van der Waals surface area contributed by atoms with Crippen molar-refractivity contribution in [1.82, 2.24) is 9.80 Å². The number of hydrogen-bond acceptors (Lipinski definition) is 7. The Balaban J connectivity index is 0.000000770. The summed E-state index contributed by atoms with van der Waals surface area (Å²) in [7, 11) is -2.37. The van der Waals surface area contributed by atoms with Gasteiger partial charge >= 0.3 is 12.2 Å². The van der Waals surface area contributed by atoms with Gasteiger partial charge in [0.2, 0.25) is 0 Å². The lowest BCUT2D eigenvalue weighted by Crippen LogP contribution is -2.42. The highest BCUT2D eigenvalue weighted by atomic mass is 32.2. The lowest BCUT2D eigenvalue weighted by Gasteiger charge is -2.34. The number of nitrogens with two attached hydrogens (primary N) is 1. The van der Waals surface area contributed by atoms with Crippen LogP contribution in [-0.2, 0) is 36.2 Å². The maximum atomic E-state index is 12.1. The third-order valence-corrected chi connectivity index (χ3v) is 9.63. The molecule has 2 aliphatic rings. The second kappa shape index (κ2) is 20.6. The highest BCUT2D eigenvalue weighted by molar-refractivity contribution is 7.85. The molecule has 2 saturated heterocycles. The quantitative estimate of drug-likeness (QED) is 0.222. The Morgan fingerprint density at radius 3 is 1.45 bits per heavy atom. The van der Waals surface area contributed by atoms with Crippen molar-refractivity contribution in [2.75, 3.05) is 26.2 Å². The summed E-state index contributed by atoms with van der Waals surface area (Å²) < 4.78 is 36.5. The van der Waals surface area contributed by atoms with Gasteiger partial charge in [-0.2, -0.15) is 4.40 Å². The average Bonchev–Trinajstić information content (AvgIpc) is 2.92. The van der Waals surface area contributed by atoms with E-state index in [9.17, 15) is 22.8 Å². The van der Waals surface area contributed by atoms with E-state index in [2.05, 4.69) is 4.40 Å².